The van der Waals surface area contributed by atoms with Crippen LogP contribution in [0.25, 0.3) is 0 Å². The number of amides is 1. The quantitative estimate of drug-likeness (QED) is 0.509. The summed E-state index contributed by atoms with van der Waals surface area (Å²) < 4.78 is 1.00. The standard InChI is InChI=1S/C20H17BrN2O2S/c21-15-4-1-13(2-5-15)12-23-20(25)14-3-10-19(18(22)11-14)26-17-8-6-16(24)7-9-17/h1-11,24H,12,22H2,(H,23,25). The minimum atomic E-state index is -0.166. The van der Waals surface area contributed by atoms with Crippen molar-refractivity contribution in [2.45, 2.75) is 16.3 Å². The monoisotopic (exact) mass is 428 g/mol. The van der Waals surface area contributed by atoms with E-state index >= 15 is 0 Å². The third-order valence-electron chi connectivity index (χ3n) is 3.70. The van der Waals surface area contributed by atoms with Crippen LogP contribution in [0, 0.1) is 0 Å². The van der Waals surface area contributed by atoms with Crippen molar-refractivity contribution in [1.29, 1.82) is 0 Å². The van der Waals surface area contributed by atoms with Gasteiger partial charge in [-0.05, 0) is 60.2 Å². The second-order valence-electron chi connectivity index (χ2n) is 5.66. The molecular weight excluding hydrogens is 412 g/mol. The summed E-state index contributed by atoms with van der Waals surface area (Å²) in [7, 11) is 0. The predicted molar refractivity (Wildman–Crippen MR) is 108 cm³/mol. The van der Waals surface area contributed by atoms with Gasteiger partial charge in [0.15, 0.2) is 0 Å². The van der Waals surface area contributed by atoms with Gasteiger partial charge in [0, 0.05) is 32.1 Å². The summed E-state index contributed by atoms with van der Waals surface area (Å²) in [6.45, 7) is 0.454. The van der Waals surface area contributed by atoms with E-state index in [-0.39, 0.29) is 11.7 Å². The number of carbonyl (C=O) groups excluding carboxylic acids is 1. The Balaban J connectivity index is 1.65. The molecule has 3 aromatic rings. The molecule has 0 aromatic heterocycles. The van der Waals surface area contributed by atoms with Gasteiger partial charge in [-0.15, -0.1) is 0 Å². The van der Waals surface area contributed by atoms with E-state index in [4.69, 9.17) is 5.73 Å². The molecule has 0 saturated carbocycles. The van der Waals surface area contributed by atoms with Gasteiger partial charge in [-0.25, -0.2) is 0 Å². The third kappa shape index (κ3) is 4.80. The molecular formula is C20H17BrN2O2S. The van der Waals surface area contributed by atoms with Gasteiger partial charge in [-0.2, -0.15) is 0 Å². The molecule has 0 spiro atoms. The van der Waals surface area contributed by atoms with Crippen molar-refractivity contribution in [3.8, 4) is 5.75 Å². The van der Waals surface area contributed by atoms with Gasteiger partial charge >= 0.3 is 0 Å². The summed E-state index contributed by atoms with van der Waals surface area (Å²) in [4.78, 5) is 14.2. The number of hydrogen-bond donors (Lipinski definition) is 3. The highest BCUT2D eigenvalue weighted by Gasteiger charge is 2.09. The van der Waals surface area contributed by atoms with E-state index in [0.29, 0.717) is 17.8 Å². The number of anilines is 1. The van der Waals surface area contributed by atoms with Crippen LogP contribution in [0.4, 0.5) is 5.69 Å². The van der Waals surface area contributed by atoms with Crippen molar-refractivity contribution in [2.75, 3.05) is 5.73 Å². The molecule has 0 aliphatic heterocycles. The zero-order chi connectivity index (χ0) is 18.5. The lowest BCUT2D eigenvalue weighted by Crippen LogP contribution is -2.22. The van der Waals surface area contributed by atoms with Crippen molar-refractivity contribution in [3.63, 3.8) is 0 Å². The molecule has 0 radical (unpaired) electrons. The maximum absolute atomic E-state index is 12.3. The van der Waals surface area contributed by atoms with E-state index in [1.807, 2.05) is 42.5 Å². The van der Waals surface area contributed by atoms with E-state index in [1.165, 1.54) is 11.8 Å². The SMILES string of the molecule is Nc1cc(C(=O)NCc2ccc(Br)cc2)ccc1Sc1ccc(O)cc1. The van der Waals surface area contributed by atoms with Gasteiger partial charge in [0.2, 0.25) is 0 Å². The van der Waals surface area contributed by atoms with Gasteiger partial charge in [0.05, 0.1) is 0 Å². The molecule has 132 valence electrons. The molecule has 0 fully saturated rings. The second kappa shape index (κ2) is 8.29. The first-order chi connectivity index (χ1) is 12.5. The van der Waals surface area contributed by atoms with Gasteiger partial charge in [0.25, 0.3) is 5.91 Å². The molecule has 0 atom stereocenters. The Morgan fingerprint density at radius 3 is 2.38 bits per heavy atom. The molecule has 0 bridgehead atoms. The number of nitrogen functional groups attached to an aromatic ring is 1. The Morgan fingerprint density at radius 1 is 1.04 bits per heavy atom. The number of nitrogens with two attached hydrogens (primary N) is 1. The first kappa shape index (κ1) is 18.4. The van der Waals surface area contributed by atoms with Gasteiger partial charge in [0.1, 0.15) is 5.75 Å². The molecule has 3 aromatic carbocycles. The highest BCUT2D eigenvalue weighted by molar-refractivity contribution is 9.10. The van der Waals surface area contributed by atoms with Crippen LogP contribution in [0.2, 0.25) is 0 Å². The van der Waals surface area contributed by atoms with Gasteiger partial charge < -0.3 is 16.2 Å². The number of phenolic OH excluding ortho intramolecular Hbond substituents is 1. The van der Waals surface area contributed by atoms with E-state index in [9.17, 15) is 9.90 Å². The number of rotatable bonds is 5. The van der Waals surface area contributed by atoms with Crippen molar-refractivity contribution >= 4 is 39.3 Å². The molecule has 0 heterocycles. The molecule has 4 nitrogen and oxygen atoms in total. The smallest absolute Gasteiger partial charge is 0.251 e. The topological polar surface area (TPSA) is 75.4 Å². The maximum Gasteiger partial charge on any atom is 0.251 e. The van der Waals surface area contributed by atoms with Crippen molar-refractivity contribution in [3.05, 3.63) is 82.3 Å². The van der Waals surface area contributed by atoms with Crippen LogP contribution in [0.5, 0.6) is 5.75 Å². The maximum atomic E-state index is 12.3. The minimum absolute atomic E-state index is 0.166. The van der Waals surface area contributed by atoms with Crippen molar-refractivity contribution < 1.29 is 9.90 Å². The summed E-state index contributed by atoms with van der Waals surface area (Å²) in [6, 6.07) is 20.0. The molecule has 0 saturated heterocycles. The first-order valence-electron chi connectivity index (χ1n) is 7.90. The summed E-state index contributed by atoms with van der Waals surface area (Å²) >= 11 is 4.87. The van der Waals surface area contributed by atoms with Crippen LogP contribution >= 0.6 is 27.7 Å². The number of benzene rings is 3. The van der Waals surface area contributed by atoms with E-state index < -0.39 is 0 Å². The number of carbonyl (C=O) groups is 1. The summed E-state index contributed by atoms with van der Waals surface area (Å²) in [5.41, 5.74) is 8.19. The molecule has 0 aliphatic carbocycles. The van der Waals surface area contributed by atoms with Gasteiger partial charge in [-0.1, -0.05) is 39.8 Å². The highest BCUT2D eigenvalue weighted by Crippen LogP contribution is 2.33. The highest BCUT2D eigenvalue weighted by atomic mass is 79.9. The number of nitrogens with one attached hydrogen (secondary N) is 1. The first-order valence-corrected chi connectivity index (χ1v) is 9.51. The molecule has 1 amide bonds. The van der Waals surface area contributed by atoms with Crippen LogP contribution in [0.15, 0.2) is 81.0 Å². The van der Waals surface area contributed by atoms with Gasteiger partial charge in [-0.3, -0.25) is 4.79 Å². The largest absolute Gasteiger partial charge is 0.508 e. The van der Waals surface area contributed by atoms with E-state index in [2.05, 4.69) is 21.2 Å². The Hall–Kier alpha value is -2.44. The molecule has 0 aliphatic rings. The molecule has 26 heavy (non-hydrogen) atoms. The molecule has 0 unspecified atom stereocenters. The zero-order valence-electron chi connectivity index (χ0n) is 13.8. The number of hydrogen-bond acceptors (Lipinski definition) is 4. The molecule has 6 heteroatoms. The number of phenols is 1. The average molecular weight is 429 g/mol. The van der Waals surface area contributed by atoms with E-state index in [1.54, 1.807) is 24.3 Å². The fourth-order valence-corrected chi connectivity index (χ4v) is 3.41. The van der Waals surface area contributed by atoms with Crippen LogP contribution in [-0.4, -0.2) is 11.0 Å². The fraction of sp³-hybridized carbons (Fsp3) is 0.0500. The zero-order valence-corrected chi connectivity index (χ0v) is 16.2. The predicted octanol–water partition coefficient (Wildman–Crippen LogP) is 4.82. The summed E-state index contributed by atoms with van der Waals surface area (Å²) in [5.74, 6) is 0.0564. The normalized spacial score (nSPS) is 10.5. The van der Waals surface area contributed by atoms with Crippen molar-refractivity contribution in [1.82, 2.24) is 5.32 Å². The molecule has 4 N–H and O–H groups in total. The Kier molecular flexibility index (Phi) is 5.85. The fourth-order valence-electron chi connectivity index (χ4n) is 2.31. The lowest BCUT2D eigenvalue weighted by molar-refractivity contribution is 0.0951. The lowest BCUT2D eigenvalue weighted by Gasteiger charge is -2.09. The van der Waals surface area contributed by atoms with Crippen LogP contribution in [0.1, 0.15) is 15.9 Å². The van der Waals surface area contributed by atoms with E-state index in [0.717, 1.165) is 19.8 Å². The molecule has 3 rings (SSSR count). The number of aromatic hydroxyl groups is 1. The van der Waals surface area contributed by atoms with Crippen molar-refractivity contribution in [2.24, 2.45) is 0 Å². The number of halogens is 1. The lowest BCUT2D eigenvalue weighted by atomic mass is 10.1. The minimum Gasteiger partial charge on any atom is -0.508 e. The summed E-state index contributed by atoms with van der Waals surface area (Å²) in [6.07, 6.45) is 0. The Bertz CT molecular complexity index is 912. The average Bonchev–Trinajstić information content (AvgIpc) is 2.64. The van der Waals surface area contributed by atoms with Crippen LogP contribution < -0.4 is 11.1 Å². The van der Waals surface area contributed by atoms with Crippen LogP contribution in [0.3, 0.4) is 0 Å². The third-order valence-corrected chi connectivity index (χ3v) is 5.33. The Morgan fingerprint density at radius 2 is 1.73 bits per heavy atom. The Labute approximate surface area is 164 Å². The second-order valence-corrected chi connectivity index (χ2v) is 7.69. The summed E-state index contributed by atoms with van der Waals surface area (Å²) in [5, 5.41) is 12.2. The van der Waals surface area contributed by atoms with Crippen LogP contribution in [-0.2, 0) is 6.54 Å².